The fourth-order valence-corrected chi connectivity index (χ4v) is 6.24. The number of piperidine rings is 1. The number of nitrogens with one attached hydrogen (secondary N) is 1. The lowest BCUT2D eigenvalue weighted by molar-refractivity contribution is 0.0554. The molecular weight excluding hydrogens is 427 g/mol. The summed E-state index contributed by atoms with van der Waals surface area (Å²) < 4.78 is 3.65. The lowest BCUT2D eigenvalue weighted by atomic mass is 9.67. The van der Waals surface area contributed by atoms with E-state index in [2.05, 4.69) is 36.6 Å². The molecule has 0 bridgehead atoms. The average molecular weight is 459 g/mol. The minimum absolute atomic E-state index is 0.160. The quantitative estimate of drug-likeness (QED) is 0.637. The van der Waals surface area contributed by atoms with Crippen LogP contribution in [0, 0.1) is 11.3 Å². The van der Waals surface area contributed by atoms with Crippen LogP contribution in [-0.2, 0) is 0 Å². The summed E-state index contributed by atoms with van der Waals surface area (Å²) in [6, 6.07) is 0.727. The molecule has 3 heterocycles. The van der Waals surface area contributed by atoms with Crippen LogP contribution in [0.2, 0.25) is 10.4 Å². The Hall–Kier alpha value is -0.340. The number of nitrogens with zero attached hydrogens (tertiary/aromatic N) is 5. The Morgan fingerprint density at radius 2 is 1.83 bits per heavy atom. The Kier molecular flexibility index (Phi) is 7.44. The fraction of sp³-hybridized carbons (Fsp3) is 0.850. The Labute approximate surface area is 188 Å². The van der Waals surface area contributed by atoms with Crippen LogP contribution in [0.15, 0.2) is 0 Å². The average Bonchev–Trinajstić information content (AvgIpc) is 3.20. The molecule has 0 radical (unpaired) electrons. The van der Waals surface area contributed by atoms with Gasteiger partial charge in [-0.25, -0.2) is 0 Å². The van der Waals surface area contributed by atoms with Gasteiger partial charge in [0, 0.05) is 31.4 Å². The lowest BCUT2D eigenvalue weighted by Gasteiger charge is -2.46. The van der Waals surface area contributed by atoms with E-state index in [4.69, 9.17) is 23.2 Å². The standard InChI is InChI=1S/C20H32Cl2N6S/c1-2-29-26-16-3-6-20(7-4-16)8-11-27(12-9-20)13-15-5-10-28(14-15)18-17(21)24-25-19(22)23-18/h15-16,26H,2-14H2,1H3/t15-/m0/s1. The van der Waals surface area contributed by atoms with Crippen LogP contribution >= 0.6 is 35.1 Å². The third-order valence-electron chi connectivity index (χ3n) is 7.06. The van der Waals surface area contributed by atoms with E-state index in [0.717, 1.165) is 24.9 Å². The summed E-state index contributed by atoms with van der Waals surface area (Å²) in [5, 5.41) is 8.12. The summed E-state index contributed by atoms with van der Waals surface area (Å²) >= 11 is 14.0. The van der Waals surface area contributed by atoms with Gasteiger partial charge in [-0.15, -0.1) is 10.2 Å². The first kappa shape index (κ1) is 21.9. The highest BCUT2D eigenvalue weighted by Crippen LogP contribution is 2.45. The molecule has 3 aliphatic rings. The van der Waals surface area contributed by atoms with Gasteiger partial charge in [0.1, 0.15) is 0 Å². The van der Waals surface area contributed by atoms with Gasteiger partial charge in [0.05, 0.1) is 0 Å². The van der Waals surface area contributed by atoms with Crippen molar-refractivity contribution in [1.29, 1.82) is 0 Å². The molecule has 29 heavy (non-hydrogen) atoms. The molecule has 1 N–H and O–H groups in total. The second-order valence-electron chi connectivity index (χ2n) is 8.92. The largest absolute Gasteiger partial charge is 0.354 e. The molecule has 3 fully saturated rings. The van der Waals surface area contributed by atoms with Gasteiger partial charge in [-0.2, -0.15) is 4.98 Å². The third kappa shape index (κ3) is 5.48. The van der Waals surface area contributed by atoms with Gasteiger partial charge in [-0.1, -0.05) is 30.5 Å². The van der Waals surface area contributed by atoms with Crippen LogP contribution in [0.1, 0.15) is 51.9 Å². The van der Waals surface area contributed by atoms with Crippen LogP contribution in [-0.4, -0.2) is 64.6 Å². The van der Waals surface area contributed by atoms with Crippen molar-refractivity contribution in [2.24, 2.45) is 11.3 Å². The number of halogens is 2. The SMILES string of the molecule is CCSNC1CCC2(CC1)CCN(C[C@@H]1CCN(c3nc(Cl)nnc3Cl)C1)CC2. The van der Waals surface area contributed by atoms with Gasteiger partial charge in [0.25, 0.3) is 0 Å². The fourth-order valence-electron chi connectivity index (χ4n) is 5.29. The first-order valence-electron chi connectivity index (χ1n) is 11.0. The molecule has 1 aromatic rings. The highest BCUT2D eigenvalue weighted by molar-refractivity contribution is 7.97. The molecule has 1 spiro atoms. The van der Waals surface area contributed by atoms with Crippen LogP contribution < -0.4 is 9.62 Å². The van der Waals surface area contributed by atoms with Crippen molar-refractivity contribution in [3.8, 4) is 0 Å². The summed E-state index contributed by atoms with van der Waals surface area (Å²) in [7, 11) is 0. The van der Waals surface area contributed by atoms with E-state index in [1.807, 2.05) is 11.9 Å². The van der Waals surface area contributed by atoms with Crippen molar-refractivity contribution in [2.75, 3.05) is 43.4 Å². The van der Waals surface area contributed by atoms with Crippen LogP contribution in [0.4, 0.5) is 5.82 Å². The number of hydrogen-bond donors (Lipinski definition) is 1. The molecule has 6 nitrogen and oxygen atoms in total. The first-order valence-corrected chi connectivity index (χ1v) is 12.7. The van der Waals surface area contributed by atoms with Crippen molar-refractivity contribution >= 4 is 41.0 Å². The van der Waals surface area contributed by atoms with E-state index in [0.29, 0.717) is 22.3 Å². The first-order chi connectivity index (χ1) is 14.1. The minimum atomic E-state index is 0.160. The highest BCUT2D eigenvalue weighted by atomic mass is 35.5. The topological polar surface area (TPSA) is 57.2 Å². The van der Waals surface area contributed by atoms with E-state index in [1.54, 1.807) is 0 Å². The van der Waals surface area contributed by atoms with Gasteiger partial charge < -0.3 is 9.80 Å². The molecule has 162 valence electrons. The molecule has 4 rings (SSSR count). The second kappa shape index (κ2) is 9.86. The zero-order chi connectivity index (χ0) is 20.3. The van der Waals surface area contributed by atoms with E-state index in [9.17, 15) is 0 Å². The van der Waals surface area contributed by atoms with Crippen molar-refractivity contribution < 1.29 is 0 Å². The predicted octanol–water partition coefficient (Wildman–Crippen LogP) is 4.29. The van der Waals surface area contributed by atoms with Gasteiger partial charge in [-0.05, 0) is 81.0 Å². The maximum Gasteiger partial charge on any atom is 0.245 e. The summed E-state index contributed by atoms with van der Waals surface area (Å²) in [4.78, 5) is 9.18. The molecule has 2 aliphatic heterocycles. The predicted molar refractivity (Wildman–Crippen MR) is 122 cm³/mol. The zero-order valence-corrected chi connectivity index (χ0v) is 19.6. The van der Waals surface area contributed by atoms with Gasteiger partial charge in [0.15, 0.2) is 11.0 Å². The number of likely N-dealkylation sites (tertiary alicyclic amines) is 1. The van der Waals surface area contributed by atoms with Crippen molar-refractivity contribution in [2.45, 2.75) is 57.9 Å². The van der Waals surface area contributed by atoms with Gasteiger partial charge in [0.2, 0.25) is 5.28 Å². The highest BCUT2D eigenvalue weighted by Gasteiger charge is 2.38. The van der Waals surface area contributed by atoms with Crippen LogP contribution in [0.25, 0.3) is 0 Å². The number of rotatable bonds is 6. The lowest BCUT2D eigenvalue weighted by Crippen LogP contribution is -2.45. The second-order valence-corrected chi connectivity index (χ2v) is 10.7. The van der Waals surface area contributed by atoms with Gasteiger partial charge in [-0.3, -0.25) is 4.72 Å². The molecule has 0 aromatic carbocycles. The molecule has 1 saturated carbocycles. The Bertz CT molecular complexity index is 675. The molecular formula is C20H32Cl2N6S. The number of anilines is 1. The summed E-state index contributed by atoms with van der Waals surface area (Å²) in [5.74, 6) is 2.49. The number of aromatic nitrogens is 3. The molecule has 1 atom stereocenters. The van der Waals surface area contributed by atoms with E-state index in [1.165, 1.54) is 64.6 Å². The Morgan fingerprint density at radius 3 is 2.55 bits per heavy atom. The molecule has 2 saturated heterocycles. The smallest absolute Gasteiger partial charge is 0.245 e. The summed E-state index contributed by atoms with van der Waals surface area (Å²) in [6.07, 6.45) is 9.41. The monoisotopic (exact) mass is 458 g/mol. The van der Waals surface area contributed by atoms with Crippen LogP contribution in [0.5, 0.6) is 0 Å². The van der Waals surface area contributed by atoms with Crippen molar-refractivity contribution in [3.63, 3.8) is 0 Å². The summed E-state index contributed by atoms with van der Waals surface area (Å²) in [6.45, 7) is 7.82. The number of hydrogen-bond acceptors (Lipinski definition) is 7. The molecule has 9 heteroatoms. The maximum absolute atomic E-state index is 6.18. The molecule has 1 aliphatic carbocycles. The minimum Gasteiger partial charge on any atom is -0.354 e. The van der Waals surface area contributed by atoms with E-state index < -0.39 is 0 Å². The molecule has 0 amide bonds. The Balaban J connectivity index is 1.22. The normalized spacial score (nSPS) is 25.8. The maximum atomic E-state index is 6.18. The molecule has 1 aromatic heterocycles. The van der Waals surface area contributed by atoms with Crippen molar-refractivity contribution in [1.82, 2.24) is 24.8 Å². The van der Waals surface area contributed by atoms with Gasteiger partial charge >= 0.3 is 0 Å². The molecule has 0 unspecified atom stereocenters. The zero-order valence-electron chi connectivity index (χ0n) is 17.2. The van der Waals surface area contributed by atoms with Crippen LogP contribution in [0.3, 0.4) is 0 Å². The van der Waals surface area contributed by atoms with E-state index in [-0.39, 0.29) is 5.28 Å². The van der Waals surface area contributed by atoms with Crippen molar-refractivity contribution in [3.05, 3.63) is 10.4 Å². The third-order valence-corrected chi connectivity index (χ3v) is 8.26. The van der Waals surface area contributed by atoms with E-state index >= 15 is 0 Å². The summed E-state index contributed by atoms with van der Waals surface area (Å²) in [5.41, 5.74) is 0.615. The Morgan fingerprint density at radius 1 is 1.07 bits per heavy atom.